The van der Waals surface area contributed by atoms with Crippen LogP contribution in [-0.4, -0.2) is 18.3 Å². The molecule has 0 aliphatic carbocycles. The first-order valence-electron chi connectivity index (χ1n) is 17.1. The van der Waals surface area contributed by atoms with Crippen molar-refractivity contribution in [3.8, 4) is 45.3 Å². The van der Waals surface area contributed by atoms with Crippen LogP contribution in [0.15, 0.2) is 109 Å². The molecule has 5 aromatic carbocycles. The molecule has 0 amide bonds. The van der Waals surface area contributed by atoms with Gasteiger partial charge in [-0.1, -0.05) is 126 Å². The standard InChI is InChI=1S/C39H40O4.2C2H6/c1-4-30-25-34(31-17-10-7-11-18-31)38(43-27-29-15-8-6-9-16-29)26-37(30)42-24-14-23-41-36-22-21-28(3)39(32(36)5-2)33-19-12-13-20-35(33)40;2*1-2/h6-13,15-22,25-26,40H,4-5,14,23-24,27H2,1-3H3;2*1-2H3. The third-order valence-corrected chi connectivity index (χ3v) is 7.67. The number of para-hydroxylation sites is 1. The number of phenolic OH excluding ortho intramolecular Hbond substituents is 1. The molecule has 0 saturated heterocycles. The van der Waals surface area contributed by atoms with Gasteiger partial charge in [0, 0.05) is 29.2 Å². The Bertz CT molecular complexity index is 1630. The van der Waals surface area contributed by atoms with E-state index in [4.69, 9.17) is 14.2 Å². The van der Waals surface area contributed by atoms with Crippen LogP contribution >= 0.6 is 0 Å². The van der Waals surface area contributed by atoms with Crippen LogP contribution < -0.4 is 14.2 Å². The van der Waals surface area contributed by atoms with Gasteiger partial charge in [0.05, 0.1) is 13.2 Å². The van der Waals surface area contributed by atoms with Gasteiger partial charge >= 0.3 is 0 Å². The van der Waals surface area contributed by atoms with Gasteiger partial charge in [-0.25, -0.2) is 0 Å². The largest absolute Gasteiger partial charge is 0.507 e. The highest BCUT2D eigenvalue weighted by molar-refractivity contribution is 5.78. The summed E-state index contributed by atoms with van der Waals surface area (Å²) in [5.74, 6) is 2.78. The van der Waals surface area contributed by atoms with E-state index in [0.29, 0.717) is 19.8 Å². The molecule has 0 aromatic heterocycles. The molecule has 0 fully saturated rings. The van der Waals surface area contributed by atoms with E-state index in [2.05, 4.69) is 69.3 Å². The second-order valence-electron chi connectivity index (χ2n) is 10.6. The van der Waals surface area contributed by atoms with Crippen molar-refractivity contribution >= 4 is 0 Å². The lowest BCUT2D eigenvalue weighted by atomic mass is 9.92. The molecule has 5 rings (SSSR count). The zero-order chi connectivity index (χ0) is 34.0. The van der Waals surface area contributed by atoms with Crippen molar-refractivity contribution in [3.63, 3.8) is 0 Å². The fraction of sp³-hybridized carbons (Fsp3) is 0.302. The minimum atomic E-state index is 0.281. The second-order valence-corrected chi connectivity index (χ2v) is 10.6. The molecule has 0 atom stereocenters. The molecule has 0 bridgehead atoms. The second kappa shape index (κ2) is 19.7. The molecule has 0 aliphatic rings. The van der Waals surface area contributed by atoms with Crippen molar-refractivity contribution < 1.29 is 19.3 Å². The van der Waals surface area contributed by atoms with E-state index >= 15 is 0 Å². The van der Waals surface area contributed by atoms with Crippen LogP contribution in [0, 0.1) is 6.92 Å². The van der Waals surface area contributed by atoms with Crippen LogP contribution in [0.2, 0.25) is 0 Å². The zero-order valence-electron chi connectivity index (χ0n) is 29.3. The molecule has 1 N–H and O–H groups in total. The van der Waals surface area contributed by atoms with Gasteiger partial charge in [-0.3, -0.25) is 0 Å². The molecule has 0 spiro atoms. The van der Waals surface area contributed by atoms with Crippen LogP contribution in [0.4, 0.5) is 0 Å². The summed E-state index contributed by atoms with van der Waals surface area (Å²) in [7, 11) is 0. The fourth-order valence-electron chi connectivity index (χ4n) is 5.43. The molecule has 0 saturated carbocycles. The van der Waals surface area contributed by atoms with Gasteiger partial charge < -0.3 is 19.3 Å². The van der Waals surface area contributed by atoms with Crippen molar-refractivity contribution in [2.24, 2.45) is 0 Å². The lowest BCUT2D eigenvalue weighted by molar-refractivity contribution is 0.243. The molecule has 0 radical (unpaired) electrons. The average molecular weight is 633 g/mol. The maximum absolute atomic E-state index is 10.5. The Hall–Kier alpha value is -4.70. The third kappa shape index (κ3) is 9.89. The highest BCUT2D eigenvalue weighted by Crippen LogP contribution is 2.39. The Morgan fingerprint density at radius 3 is 1.83 bits per heavy atom. The normalized spacial score (nSPS) is 10.2. The molecule has 5 aromatic rings. The summed E-state index contributed by atoms with van der Waals surface area (Å²) in [5.41, 5.74) is 8.55. The number of rotatable bonds is 13. The minimum absolute atomic E-state index is 0.281. The Kier molecular flexibility index (Phi) is 15.4. The Morgan fingerprint density at radius 1 is 0.574 bits per heavy atom. The number of aryl methyl sites for hydroxylation is 2. The first kappa shape index (κ1) is 36.8. The van der Waals surface area contributed by atoms with Crippen LogP contribution in [0.1, 0.15) is 70.2 Å². The Balaban J connectivity index is 0.00000144. The van der Waals surface area contributed by atoms with E-state index in [1.807, 2.05) is 82.3 Å². The summed E-state index contributed by atoms with van der Waals surface area (Å²) in [4.78, 5) is 0. The van der Waals surface area contributed by atoms with Crippen molar-refractivity contribution in [3.05, 3.63) is 131 Å². The topological polar surface area (TPSA) is 47.9 Å². The minimum Gasteiger partial charge on any atom is -0.507 e. The molecular formula is C43H52O4. The zero-order valence-corrected chi connectivity index (χ0v) is 29.3. The predicted molar refractivity (Wildman–Crippen MR) is 198 cm³/mol. The summed E-state index contributed by atoms with van der Waals surface area (Å²) in [6, 6.07) is 36.4. The maximum Gasteiger partial charge on any atom is 0.131 e. The fourth-order valence-corrected chi connectivity index (χ4v) is 5.43. The van der Waals surface area contributed by atoms with Crippen LogP contribution in [-0.2, 0) is 19.4 Å². The van der Waals surface area contributed by atoms with E-state index in [1.54, 1.807) is 6.07 Å². The van der Waals surface area contributed by atoms with E-state index < -0.39 is 0 Å². The number of aromatic hydroxyl groups is 1. The van der Waals surface area contributed by atoms with Crippen molar-refractivity contribution in [1.29, 1.82) is 0 Å². The Labute approximate surface area is 283 Å². The van der Waals surface area contributed by atoms with Gasteiger partial charge in [0.2, 0.25) is 0 Å². The highest BCUT2D eigenvalue weighted by Gasteiger charge is 2.16. The Morgan fingerprint density at radius 2 is 1.19 bits per heavy atom. The van der Waals surface area contributed by atoms with Gasteiger partial charge in [-0.15, -0.1) is 0 Å². The van der Waals surface area contributed by atoms with Gasteiger partial charge in [-0.2, -0.15) is 0 Å². The lowest BCUT2D eigenvalue weighted by Gasteiger charge is -2.19. The lowest BCUT2D eigenvalue weighted by Crippen LogP contribution is -2.08. The maximum atomic E-state index is 10.5. The molecule has 0 unspecified atom stereocenters. The predicted octanol–water partition coefficient (Wildman–Crippen LogP) is 11.6. The van der Waals surface area contributed by atoms with Crippen LogP contribution in [0.25, 0.3) is 22.3 Å². The number of hydrogen-bond donors (Lipinski definition) is 1. The smallest absolute Gasteiger partial charge is 0.131 e. The SMILES string of the molecule is CC.CC.CCc1cc(-c2ccccc2)c(OCc2ccccc2)cc1OCCCOc1ccc(C)c(-c2ccccc2O)c1CC. The molecule has 4 heteroatoms. The van der Waals surface area contributed by atoms with E-state index in [-0.39, 0.29) is 5.75 Å². The first-order chi connectivity index (χ1) is 23.1. The van der Waals surface area contributed by atoms with Crippen molar-refractivity contribution in [1.82, 2.24) is 0 Å². The summed E-state index contributed by atoms with van der Waals surface area (Å²) >= 11 is 0. The van der Waals surface area contributed by atoms with Crippen LogP contribution in [0.3, 0.4) is 0 Å². The number of benzene rings is 5. The summed E-state index contributed by atoms with van der Waals surface area (Å²) in [6.45, 7) is 15.9. The number of phenols is 1. The number of hydrogen-bond acceptors (Lipinski definition) is 4. The van der Waals surface area contributed by atoms with E-state index in [1.165, 1.54) is 0 Å². The monoisotopic (exact) mass is 632 g/mol. The van der Waals surface area contributed by atoms with Crippen LogP contribution in [0.5, 0.6) is 23.0 Å². The first-order valence-corrected chi connectivity index (χ1v) is 17.1. The number of ether oxygens (including phenoxy) is 3. The molecular weight excluding hydrogens is 580 g/mol. The quantitative estimate of drug-likeness (QED) is 0.131. The molecule has 4 nitrogen and oxygen atoms in total. The summed E-state index contributed by atoms with van der Waals surface area (Å²) < 4.78 is 19.0. The van der Waals surface area contributed by atoms with Gasteiger partial charge in [0.25, 0.3) is 0 Å². The molecule has 47 heavy (non-hydrogen) atoms. The summed E-state index contributed by atoms with van der Waals surface area (Å²) in [6.07, 6.45) is 2.38. The molecule has 248 valence electrons. The van der Waals surface area contributed by atoms with E-state index in [9.17, 15) is 5.11 Å². The highest BCUT2D eigenvalue weighted by atomic mass is 16.5. The van der Waals surface area contributed by atoms with Gasteiger partial charge in [-0.05, 0) is 65.8 Å². The van der Waals surface area contributed by atoms with Gasteiger partial charge in [0.15, 0.2) is 0 Å². The average Bonchev–Trinajstić information content (AvgIpc) is 3.13. The third-order valence-electron chi connectivity index (χ3n) is 7.67. The van der Waals surface area contributed by atoms with Crippen molar-refractivity contribution in [2.75, 3.05) is 13.2 Å². The van der Waals surface area contributed by atoms with E-state index in [0.717, 1.165) is 81.0 Å². The van der Waals surface area contributed by atoms with Crippen molar-refractivity contribution in [2.45, 2.75) is 74.3 Å². The molecule has 0 aliphatic heterocycles. The van der Waals surface area contributed by atoms with Gasteiger partial charge in [0.1, 0.15) is 29.6 Å². The molecule has 0 heterocycles. The summed E-state index contributed by atoms with van der Waals surface area (Å²) in [5, 5.41) is 10.5.